The molecule has 1 amide bonds. The summed E-state index contributed by atoms with van der Waals surface area (Å²) in [6, 6.07) is 10.0. The Kier molecular flexibility index (Phi) is 5.71. The first-order chi connectivity index (χ1) is 13.0. The maximum atomic E-state index is 11.7. The van der Waals surface area contributed by atoms with Crippen molar-refractivity contribution in [3.63, 3.8) is 0 Å². The van der Waals surface area contributed by atoms with Crippen LogP contribution in [0.4, 0.5) is 4.79 Å². The van der Waals surface area contributed by atoms with Gasteiger partial charge in [0.15, 0.2) is 11.5 Å². The van der Waals surface area contributed by atoms with Gasteiger partial charge in [0.1, 0.15) is 12.4 Å². The fraction of sp³-hybridized carbons (Fsp3) is 0.263. The lowest BCUT2D eigenvalue weighted by Crippen LogP contribution is -2.23. The van der Waals surface area contributed by atoms with E-state index < -0.39 is 5.97 Å². The molecule has 0 aliphatic carbocycles. The molecular weight excluding hydrogens is 374 g/mol. The van der Waals surface area contributed by atoms with Crippen LogP contribution in [0, 0.1) is 0 Å². The second-order valence-electron chi connectivity index (χ2n) is 5.95. The van der Waals surface area contributed by atoms with E-state index in [0.29, 0.717) is 46.5 Å². The molecule has 2 aromatic carbocycles. The van der Waals surface area contributed by atoms with Crippen molar-refractivity contribution in [1.82, 2.24) is 4.90 Å². The highest BCUT2D eigenvalue weighted by Crippen LogP contribution is 2.35. The van der Waals surface area contributed by atoms with Crippen molar-refractivity contribution < 1.29 is 28.9 Å². The highest BCUT2D eigenvalue weighted by atomic mass is 35.5. The molecule has 0 saturated carbocycles. The second-order valence-corrected chi connectivity index (χ2v) is 6.38. The number of nitrogens with zero attached hydrogens (tertiary/aromatic N) is 1. The Bertz CT molecular complexity index is 869. The molecule has 0 radical (unpaired) electrons. The van der Waals surface area contributed by atoms with Crippen LogP contribution in [0.3, 0.4) is 0 Å². The maximum absolute atomic E-state index is 11.7. The van der Waals surface area contributed by atoms with Crippen molar-refractivity contribution in [2.24, 2.45) is 0 Å². The molecule has 142 valence electrons. The third-order valence-electron chi connectivity index (χ3n) is 4.03. The minimum atomic E-state index is -0.939. The molecule has 27 heavy (non-hydrogen) atoms. The number of halogens is 1. The van der Waals surface area contributed by atoms with Crippen LogP contribution in [-0.4, -0.2) is 42.3 Å². The summed E-state index contributed by atoms with van der Waals surface area (Å²) in [4.78, 5) is 24.3. The van der Waals surface area contributed by atoms with E-state index in [9.17, 15) is 9.59 Å². The van der Waals surface area contributed by atoms with Crippen molar-refractivity contribution in [1.29, 1.82) is 0 Å². The minimum absolute atomic E-state index is 0.132. The standard InChI is InChI=1S/C19H18ClNO6/c1-25-16-4-2-12(9-18(22)23)8-17(16)27-15-5-3-14(20)10-13(15)11-21-6-7-26-19(21)24/h2-5,8,10H,6-7,9,11H2,1H3,(H,22,23). The molecule has 0 atom stereocenters. The fourth-order valence-electron chi connectivity index (χ4n) is 2.75. The van der Waals surface area contributed by atoms with Crippen LogP contribution >= 0.6 is 11.6 Å². The van der Waals surface area contributed by atoms with E-state index in [2.05, 4.69) is 0 Å². The quantitative estimate of drug-likeness (QED) is 0.774. The van der Waals surface area contributed by atoms with Crippen LogP contribution in [-0.2, 0) is 22.5 Å². The number of carbonyl (C=O) groups is 2. The monoisotopic (exact) mass is 391 g/mol. The Hall–Kier alpha value is -2.93. The third kappa shape index (κ3) is 4.62. The summed E-state index contributed by atoms with van der Waals surface area (Å²) in [6.07, 6.45) is -0.519. The van der Waals surface area contributed by atoms with E-state index in [1.807, 2.05) is 0 Å². The number of hydrogen-bond acceptors (Lipinski definition) is 5. The number of methoxy groups -OCH3 is 1. The van der Waals surface area contributed by atoms with Crippen molar-refractivity contribution in [2.45, 2.75) is 13.0 Å². The van der Waals surface area contributed by atoms with Gasteiger partial charge in [0, 0.05) is 10.6 Å². The number of amides is 1. The first-order valence-electron chi connectivity index (χ1n) is 8.23. The number of aliphatic carboxylic acids is 1. The summed E-state index contributed by atoms with van der Waals surface area (Å²) in [6.45, 7) is 1.12. The zero-order chi connectivity index (χ0) is 19.4. The summed E-state index contributed by atoms with van der Waals surface area (Å²) in [7, 11) is 1.50. The number of carbonyl (C=O) groups excluding carboxylic acids is 1. The van der Waals surface area contributed by atoms with Crippen LogP contribution in [0.1, 0.15) is 11.1 Å². The molecule has 2 aromatic rings. The Morgan fingerprint density at radius 2 is 2.00 bits per heavy atom. The number of cyclic esters (lactones) is 1. The van der Waals surface area contributed by atoms with Gasteiger partial charge in [-0.05, 0) is 35.9 Å². The lowest BCUT2D eigenvalue weighted by molar-refractivity contribution is -0.136. The maximum Gasteiger partial charge on any atom is 0.410 e. The molecular formula is C19H18ClNO6. The molecule has 0 spiro atoms. The zero-order valence-corrected chi connectivity index (χ0v) is 15.4. The molecule has 1 fully saturated rings. The highest BCUT2D eigenvalue weighted by Gasteiger charge is 2.23. The highest BCUT2D eigenvalue weighted by molar-refractivity contribution is 6.30. The molecule has 0 bridgehead atoms. The van der Waals surface area contributed by atoms with Gasteiger partial charge in [-0.3, -0.25) is 4.79 Å². The van der Waals surface area contributed by atoms with E-state index in [4.69, 9.17) is 30.9 Å². The van der Waals surface area contributed by atoms with Crippen molar-refractivity contribution in [3.8, 4) is 17.2 Å². The topological polar surface area (TPSA) is 85.3 Å². The number of ether oxygens (including phenoxy) is 3. The van der Waals surface area contributed by atoms with Gasteiger partial charge in [-0.15, -0.1) is 0 Å². The molecule has 0 aromatic heterocycles. The van der Waals surface area contributed by atoms with Gasteiger partial charge < -0.3 is 24.2 Å². The number of carboxylic acid groups (broad SMARTS) is 1. The van der Waals surface area contributed by atoms with Gasteiger partial charge in [0.2, 0.25) is 0 Å². The number of carboxylic acids is 1. The molecule has 1 heterocycles. The normalized spacial score (nSPS) is 13.4. The lowest BCUT2D eigenvalue weighted by atomic mass is 10.1. The van der Waals surface area contributed by atoms with Crippen LogP contribution in [0.2, 0.25) is 5.02 Å². The summed E-state index contributed by atoms with van der Waals surface area (Å²) in [5.41, 5.74) is 1.28. The molecule has 0 unspecified atom stereocenters. The Morgan fingerprint density at radius 1 is 1.22 bits per heavy atom. The van der Waals surface area contributed by atoms with E-state index in [1.165, 1.54) is 7.11 Å². The van der Waals surface area contributed by atoms with E-state index >= 15 is 0 Å². The third-order valence-corrected chi connectivity index (χ3v) is 4.27. The zero-order valence-electron chi connectivity index (χ0n) is 14.6. The van der Waals surface area contributed by atoms with Crippen molar-refractivity contribution in [2.75, 3.05) is 20.3 Å². The average molecular weight is 392 g/mol. The van der Waals surface area contributed by atoms with Crippen LogP contribution in [0.15, 0.2) is 36.4 Å². The van der Waals surface area contributed by atoms with Gasteiger partial charge in [-0.25, -0.2) is 4.79 Å². The first-order valence-corrected chi connectivity index (χ1v) is 8.61. The van der Waals surface area contributed by atoms with Gasteiger partial charge in [-0.2, -0.15) is 0 Å². The molecule has 7 nitrogen and oxygen atoms in total. The second kappa shape index (κ2) is 8.18. The van der Waals surface area contributed by atoms with Gasteiger partial charge >= 0.3 is 12.1 Å². The number of rotatable bonds is 7. The van der Waals surface area contributed by atoms with Gasteiger partial charge in [-0.1, -0.05) is 17.7 Å². The number of benzene rings is 2. The lowest BCUT2D eigenvalue weighted by Gasteiger charge is -2.18. The van der Waals surface area contributed by atoms with E-state index in [1.54, 1.807) is 41.3 Å². The van der Waals surface area contributed by atoms with E-state index in [-0.39, 0.29) is 19.1 Å². The fourth-order valence-corrected chi connectivity index (χ4v) is 2.94. The summed E-state index contributed by atoms with van der Waals surface area (Å²) in [5, 5.41) is 9.51. The largest absolute Gasteiger partial charge is 0.493 e. The SMILES string of the molecule is COc1ccc(CC(=O)O)cc1Oc1ccc(Cl)cc1CN1CCOC1=O. The first kappa shape index (κ1) is 18.8. The van der Waals surface area contributed by atoms with Crippen LogP contribution in [0.25, 0.3) is 0 Å². The average Bonchev–Trinajstić information content (AvgIpc) is 3.02. The molecule has 3 rings (SSSR count). The molecule has 1 N–H and O–H groups in total. The van der Waals surface area contributed by atoms with Crippen molar-refractivity contribution in [3.05, 3.63) is 52.5 Å². The predicted molar refractivity (Wildman–Crippen MR) is 97.6 cm³/mol. The van der Waals surface area contributed by atoms with E-state index in [0.717, 1.165) is 0 Å². The Balaban J connectivity index is 1.90. The molecule has 1 aliphatic rings. The Labute approximate surface area is 161 Å². The summed E-state index contributed by atoms with van der Waals surface area (Å²) < 4.78 is 16.3. The Morgan fingerprint density at radius 3 is 2.67 bits per heavy atom. The smallest absolute Gasteiger partial charge is 0.410 e. The van der Waals surface area contributed by atoms with Crippen LogP contribution in [0.5, 0.6) is 17.2 Å². The minimum Gasteiger partial charge on any atom is -0.493 e. The number of hydrogen-bond donors (Lipinski definition) is 1. The van der Waals surface area contributed by atoms with Crippen molar-refractivity contribution >= 4 is 23.7 Å². The summed E-state index contributed by atoms with van der Waals surface area (Å²) in [5.74, 6) is 0.394. The molecule has 1 aliphatic heterocycles. The van der Waals surface area contributed by atoms with Crippen LogP contribution < -0.4 is 9.47 Å². The van der Waals surface area contributed by atoms with Gasteiger partial charge in [0.25, 0.3) is 0 Å². The molecule has 8 heteroatoms. The summed E-state index contributed by atoms with van der Waals surface area (Å²) >= 11 is 6.10. The molecule has 1 saturated heterocycles. The van der Waals surface area contributed by atoms with Gasteiger partial charge in [0.05, 0.1) is 26.6 Å². The predicted octanol–water partition coefficient (Wildman–Crippen LogP) is 3.72.